The summed E-state index contributed by atoms with van der Waals surface area (Å²) in [7, 11) is 0. The molecule has 0 aromatic rings. The van der Waals surface area contributed by atoms with Crippen molar-refractivity contribution in [3.8, 4) is 0 Å². The monoisotopic (exact) mass is 270 g/mol. The summed E-state index contributed by atoms with van der Waals surface area (Å²) >= 11 is 3.03. The fraction of sp³-hybridized carbons (Fsp3) is 1.00. The van der Waals surface area contributed by atoms with E-state index < -0.39 is 5.77 Å². The minimum absolute atomic E-state index is 0.413. The van der Waals surface area contributed by atoms with Crippen molar-refractivity contribution >= 4 is 28.5 Å². The van der Waals surface area contributed by atoms with E-state index in [-0.39, 0.29) is 0 Å². The summed E-state index contributed by atoms with van der Waals surface area (Å²) in [6.07, 6.45) is 3.30. The van der Waals surface area contributed by atoms with Crippen LogP contribution in [-0.2, 0) is 9.09 Å². The van der Waals surface area contributed by atoms with Gasteiger partial charge in [0.1, 0.15) is 0 Å². The predicted molar refractivity (Wildman–Crippen MR) is 73.9 cm³/mol. The average Bonchev–Trinajstić information content (AvgIpc) is 2.18. The van der Waals surface area contributed by atoms with Crippen molar-refractivity contribution in [3.05, 3.63) is 0 Å². The SMILES string of the molecule is CCCCSP(=O)(OCC)SC(C)CC. The molecule has 0 aromatic carbocycles. The quantitative estimate of drug-likeness (QED) is 0.425. The molecule has 0 aliphatic carbocycles. The first-order valence-corrected chi connectivity index (χ1v) is 10.4. The Balaban J connectivity index is 4.12. The average molecular weight is 270 g/mol. The van der Waals surface area contributed by atoms with Crippen LogP contribution in [0.2, 0.25) is 0 Å². The van der Waals surface area contributed by atoms with Crippen LogP contribution in [0.5, 0.6) is 0 Å². The standard InChI is InChI=1S/C10H23O2PS2/c1-5-8-9-14-13(11,12-7-3)15-10(4)6-2/h10H,5-9H2,1-4H3. The maximum atomic E-state index is 12.4. The highest BCUT2D eigenvalue weighted by atomic mass is 33.1. The van der Waals surface area contributed by atoms with E-state index in [1.165, 1.54) is 22.8 Å². The van der Waals surface area contributed by atoms with Gasteiger partial charge < -0.3 is 4.52 Å². The van der Waals surface area contributed by atoms with Crippen molar-refractivity contribution in [2.75, 3.05) is 12.4 Å². The van der Waals surface area contributed by atoms with Crippen LogP contribution in [0.4, 0.5) is 0 Å². The minimum atomic E-state index is -2.49. The van der Waals surface area contributed by atoms with Crippen molar-refractivity contribution in [2.45, 2.75) is 52.2 Å². The summed E-state index contributed by atoms with van der Waals surface area (Å²) in [5.74, 6) is -1.55. The van der Waals surface area contributed by atoms with Gasteiger partial charge in [-0.25, -0.2) is 0 Å². The third kappa shape index (κ3) is 7.73. The van der Waals surface area contributed by atoms with Gasteiger partial charge in [0.15, 0.2) is 0 Å². The highest BCUT2D eigenvalue weighted by molar-refractivity contribution is 8.89. The van der Waals surface area contributed by atoms with Gasteiger partial charge >= 0.3 is 5.77 Å². The van der Waals surface area contributed by atoms with Gasteiger partial charge in [-0.3, -0.25) is 4.57 Å². The van der Waals surface area contributed by atoms with Gasteiger partial charge in [-0.1, -0.05) is 50.0 Å². The Morgan fingerprint density at radius 3 is 2.47 bits per heavy atom. The van der Waals surface area contributed by atoms with Gasteiger partial charge in [0, 0.05) is 11.0 Å². The molecule has 0 spiro atoms. The third-order valence-electron chi connectivity index (χ3n) is 1.92. The van der Waals surface area contributed by atoms with Crippen molar-refractivity contribution in [1.82, 2.24) is 0 Å². The van der Waals surface area contributed by atoms with Crippen molar-refractivity contribution in [3.63, 3.8) is 0 Å². The molecular weight excluding hydrogens is 247 g/mol. The van der Waals surface area contributed by atoms with E-state index in [4.69, 9.17) is 4.52 Å². The molecule has 0 fully saturated rings. The number of unbranched alkanes of at least 4 members (excludes halogenated alkanes) is 1. The second-order valence-corrected chi connectivity index (χ2v) is 11.2. The molecule has 0 saturated heterocycles. The Labute approximate surface area is 102 Å². The van der Waals surface area contributed by atoms with Gasteiger partial charge in [0.05, 0.1) is 6.61 Å². The van der Waals surface area contributed by atoms with Crippen LogP contribution in [0.1, 0.15) is 47.0 Å². The third-order valence-corrected chi connectivity index (χ3v) is 9.94. The lowest BCUT2D eigenvalue weighted by atomic mass is 10.4. The van der Waals surface area contributed by atoms with Gasteiger partial charge in [-0.15, -0.1) is 0 Å². The zero-order valence-corrected chi connectivity index (χ0v) is 12.7. The molecule has 15 heavy (non-hydrogen) atoms. The number of hydrogen-bond donors (Lipinski definition) is 0. The smallest absolute Gasteiger partial charge is 0.313 e. The zero-order chi connectivity index (χ0) is 11.7. The second-order valence-electron chi connectivity index (χ2n) is 3.38. The van der Waals surface area contributed by atoms with E-state index in [1.807, 2.05) is 6.92 Å². The van der Waals surface area contributed by atoms with Crippen molar-refractivity contribution in [1.29, 1.82) is 0 Å². The van der Waals surface area contributed by atoms with Crippen LogP contribution in [-0.4, -0.2) is 17.6 Å². The second kappa shape index (κ2) is 8.98. The molecule has 0 amide bonds. The Morgan fingerprint density at radius 2 is 2.00 bits per heavy atom. The van der Waals surface area contributed by atoms with E-state index >= 15 is 0 Å². The topological polar surface area (TPSA) is 26.3 Å². The lowest BCUT2D eigenvalue weighted by molar-refractivity contribution is 0.357. The Bertz CT molecular complexity index is 200. The van der Waals surface area contributed by atoms with Crippen molar-refractivity contribution < 1.29 is 9.09 Å². The van der Waals surface area contributed by atoms with Gasteiger partial charge in [0.2, 0.25) is 0 Å². The molecule has 0 radical (unpaired) electrons. The molecule has 0 bridgehead atoms. The fourth-order valence-electron chi connectivity index (χ4n) is 0.872. The predicted octanol–water partition coefficient (Wildman–Crippen LogP) is 5.20. The van der Waals surface area contributed by atoms with Gasteiger partial charge in [0.25, 0.3) is 0 Å². The van der Waals surface area contributed by atoms with E-state index in [2.05, 4.69) is 20.8 Å². The van der Waals surface area contributed by atoms with Crippen LogP contribution in [0.25, 0.3) is 0 Å². The van der Waals surface area contributed by atoms with E-state index in [0.717, 1.165) is 25.0 Å². The largest absolute Gasteiger partial charge is 0.314 e. The summed E-state index contributed by atoms with van der Waals surface area (Å²) < 4.78 is 17.8. The Morgan fingerprint density at radius 1 is 1.33 bits per heavy atom. The zero-order valence-electron chi connectivity index (χ0n) is 10.2. The molecule has 0 rings (SSSR count). The highest BCUT2D eigenvalue weighted by Gasteiger charge is 2.26. The first-order chi connectivity index (χ1) is 7.08. The summed E-state index contributed by atoms with van der Waals surface area (Å²) in [5.41, 5.74) is 0. The molecule has 2 atom stereocenters. The Hall–Kier alpha value is 0.890. The molecule has 2 nitrogen and oxygen atoms in total. The van der Waals surface area contributed by atoms with Crippen molar-refractivity contribution in [2.24, 2.45) is 0 Å². The highest BCUT2D eigenvalue weighted by Crippen LogP contribution is 2.71. The van der Waals surface area contributed by atoms with E-state index in [1.54, 1.807) is 0 Å². The van der Waals surface area contributed by atoms with Crippen LogP contribution in [0, 0.1) is 0 Å². The lowest BCUT2D eigenvalue weighted by Gasteiger charge is -2.19. The molecule has 0 aliphatic heterocycles. The first-order valence-electron chi connectivity index (χ1n) is 5.65. The lowest BCUT2D eigenvalue weighted by Crippen LogP contribution is -1.94. The van der Waals surface area contributed by atoms with Crippen LogP contribution in [0.3, 0.4) is 0 Å². The minimum Gasteiger partial charge on any atom is -0.314 e. The summed E-state index contributed by atoms with van der Waals surface area (Å²) in [6, 6.07) is 0. The van der Waals surface area contributed by atoms with Crippen LogP contribution < -0.4 is 0 Å². The van der Waals surface area contributed by atoms with Gasteiger partial charge in [-0.2, -0.15) is 0 Å². The molecule has 0 heterocycles. The molecule has 2 unspecified atom stereocenters. The molecule has 0 N–H and O–H groups in total. The fourth-order valence-corrected chi connectivity index (χ4v) is 9.21. The summed E-state index contributed by atoms with van der Waals surface area (Å²) in [5, 5.41) is 0.413. The van der Waals surface area contributed by atoms with E-state index in [0.29, 0.717) is 11.9 Å². The first kappa shape index (κ1) is 15.9. The van der Waals surface area contributed by atoms with Crippen LogP contribution in [0.15, 0.2) is 0 Å². The molecule has 0 aliphatic rings. The maximum Gasteiger partial charge on any atom is 0.313 e. The molecule has 5 heteroatoms. The van der Waals surface area contributed by atoms with Gasteiger partial charge in [-0.05, 0) is 19.8 Å². The normalized spacial score (nSPS) is 17.3. The molecule has 0 saturated carbocycles. The Kier molecular flexibility index (Phi) is 9.51. The number of hydrogen-bond acceptors (Lipinski definition) is 4. The molecular formula is C10H23O2PS2. The maximum absolute atomic E-state index is 12.4. The molecule has 92 valence electrons. The molecule has 0 aromatic heterocycles. The van der Waals surface area contributed by atoms with Crippen LogP contribution >= 0.6 is 28.5 Å². The van der Waals surface area contributed by atoms with E-state index in [9.17, 15) is 4.57 Å². The summed E-state index contributed by atoms with van der Waals surface area (Å²) in [6.45, 7) is 8.82. The summed E-state index contributed by atoms with van der Waals surface area (Å²) in [4.78, 5) is 0. The number of rotatable bonds is 9.